The van der Waals surface area contributed by atoms with Gasteiger partial charge in [0, 0.05) is 0 Å². The van der Waals surface area contributed by atoms with E-state index in [1.807, 2.05) is 12.1 Å². The van der Waals surface area contributed by atoms with Crippen molar-refractivity contribution in [1.82, 2.24) is 0 Å². The summed E-state index contributed by atoms with van der Waals surface area (Å²) < 4.78 is 0.794. The van der Waals surface area contributed by atoms with Crippen LogP contribution in [0.25, 0.3) is 0 Å². The smallest absolute Gasteiger partial charge is 0.998 e. The van der Waals surface area contributed by atoms with Crippen LogP contribution in [0.3, 0.4) is 0 Å². The molecule has 0 aromatic heterocycles. The van der Waals surface area contributed by atoms with Crippen LogP contribution in [0, 0.1) is 48.5 Å². The summed E-state index contributed by atoms with van der Waals surface area (Å²) in [5.41, 5.74) is 0. The Labute approximate surface area is 170 Å². The van der Waals surface area contributed by atoms with Crippen molar-refractivity contribution in [2.24, 2.45) is 0 Å². The Hall–Kier alpha value is -1.43. The van der Waals surface area contributed by atoms with Gasteiger partial charge in [0.05, 0.1) is 0 Å². The van der Waals surface area contributed by atoms with Crippen molar-refractivity contribution in [1.29, 1.82) is 0 Å². The number of rotatable bonds is 3. The Kier molecular flexibility index (Phi) is 8.38. The van der Waals surface area contributed by atoms with Gasteiger partial charge in [0.15, 0.2) is 0 Å². The molecule has 4 aromatic carbocycles. The van der Waals surface area contributed by atoms with Gasteiger partial charge in [0.25, 0.3) is 0 Å². The maximum atomic E-state index is 3.13. The zero-order chi connectivity index (χ0) is 16.6. The van der Waals surface area contributed by atoms with Gasteiger partial charge in [-0.3, -0.25) is 0 Å². The number of hydrogen-bond donors (Lipinski definition) is 0. The molecule has 4 rings (SSSR count). The molecule has 0 amide bonds. The molecule has 0 atom stereocenters. The first-order chi connectivity index (χ1) is 11.8. The van der Waals surface area contributed by atoms with Crippen molar-refractivity contribution in [2.45, 2.75) is 0 Å². The average molecular weight is 441 g/mol. The molecule has 0 heterocycles. The molecule has 126 valence electrons. The Balaban J connectivity index is 0.000000275. The summed E-state index contributed by atoms with van der Waals surface area (Å²) in [4.78, 5) is 0. The van der Waals surface area contributed by atoms with Crippen LogP contribution in [0.4, 0.5) is 0 Å². The van der Waals surface area contributed by atoms with E-state index >= 15 is 0 Å². The molecule has 0 N–H and O–H groups in total. The van der Waals surface area contributed by atoms with Crippen LogP contribution < -0.4 is 15.9 Å². The zero-order valence-electron chi connectivity index (χ0n) is 13.0. The Bertz CT molecular complexity index is 770. The van der Waals surface area contributed by atoms with E-state index in [0.29, 0.717) is 0 Å². The van der Waals surface area contributed by atoms with Gasteiger partial charge >= 0.3 is 17.1 Å². The predicted molar refractivity (Wildman–Crippen MR) is 101 cm³/mol. The largest absolute Gasteiger partial charge is 2.00 e. The van der Waals surface area contributed by atoms with E-state index in [1.165, 1.54) is 10.6 Å². The second kappa shape index (κ2) is 10.5. The van der Waals surface area contributed by atoms with Crippen LogP contribution in [-0.2, 0) is 17.1 Å². The van der Waals surface area contributed by atoms with Gasteiger partial charge in [0.1, 0.15) is 0 Å². The minimum Gasteiger partial charge on any atom is -0.998 e. The van der Waals surface area contributed by atoms with Crippen molar-refractivity contribution in [3.63, 3.8) is 0 Å². The van der Waals surface area contributed by atoms with Crippen molar-refractivity contribution in [3.8, 4) is 0 Å². The summed E-state index contributed by atoms with van der Waals surface area (Å²) in [6.45, 7) is 0. The molecule has 4 aromatic rings. The van der Waals surface area contributed by atoms with Crippen LogP contribution in [0.2, 0.25) is 0 Å². The molecule has 0 unspecified atom stereocenters. The molecule has 0 aliphatic carbocycles. The standard InChI is InChI=1S/C17H10P.C5Br.Fe/c1-3-9-15(10-4-1)18(17-13-7-8-14-17)16-11-5-2-6-12-16;6-5-3-1-2-4-5;/h1-6,9-12H;;/q2*-5;+2. The van der Waals surface area contributed by atoms with Crippen LogP contribution in [-0.4, -0.2) is 0 Å². The molecule has 0 bridgehead atoms. The predicted octanol–water partition coefficient (Wildman–Crippen LogP) is 3.73. The summed E-state index contributed by atoms with van der Waals surface area (Å²) in [6.07, 6.45) is 0. The number of halogens is 1. The van der Waals surface area contributed by atoms with Gasteiger partial charge < -0.3 is 74.2 Å². The van der Waals surface area contributed by atoms with E-state index < -0.39 is 7.92 Å². The van der Waals surface area contributed by atoms with Crippen molar-refractivity contribution >= 4 is 39.8 Å². The van der Waals surface area contributed by atoms with Gasteiger partial charge in [-0.1, -0.05) is 71.3 Å². The van der Waals surface area contributed by atoms with Crippen molar-refractivity contribution in [3.05, 3.63) is 114 Å². The van der Waals surface area contributed by atoms with Crippen LogP contribution >= 0.6 is 23.9 Å². The molecular weight excluding hydrogens is 431 g/mol. The fourth-order valence-electron chi connectivity index (χ4n) is 2.09. The number of benzene rings is 2. The molecule has 0 nitrogen and oxygen atoms in total. The van der Waals surface area contributed by atoms with E-state index in [-0.39, 0.29) is 17.1 Å². The van der Waals surface area contributed by atoms with E-state index in [9.17, 15) is 0 Å². The van der Waals surface area contributed by atoms with Gasteiger partial charge in [-0.2, -0.15) is 0 Å². The minimum atomic E-state index is -0.583. The number of hydrogen-bond acceptors (Lipinski definition) is 0. The maximum absolute atomic E-state index is 3.13. The zero-order valence-corrected chi connectivity index (χ0v) is 16.5. The van der Waals surface area contributed by atoms with Gasteiger partial charge in [-0.25, -0.2) is 7.92 Å². The summed E-state index contributed by atoms with van der Waals surface area (Å²) >= 11 is 3.11. The van der Waals surface area contributed by atoms with Crippen molar-refractivity contribution in [2.75, 3.05) is 0 Å². The minimum absolute atomic E-state index is 0. The van der Waals surface area contributed by atoms with Gasteiger partial charge in [-0.15, -0.1) is 0 Å². The van der Waals surface area contributed by atoms with Crippen LogP contribution in [0.5, 0.6) is 0 Å². The second-order valence-electron chi connectivity index (χ2n) is 4.67. The third kappa shape index (κ3) is 5.80. The van der Waals surface area contributed by atoms with Crippen LogP contribution in [0.15, 0.2) is 65.1 Å². The van der Waals surface area contributed by atoms with Crippen molar-refractivity contribution < 1.29 is 17.1 Å². The second-order valence-corrected chi connectivity index (χ2v) is 7.61. The van der Waals surface area contributed by atoms with Gasteiger partial charge in [0.2, 0.25) is 0 Å². The molecule has 0 aliphatic heterocycles. The third-order valence-corrected chi connectivity index (χ3v) is 5.78. The summed E-state index contributed by atoms with van der Waals surface area (Å²) in [7, 11) is -0.583. The molecular formula is C22H10BrFeP-8. The summed E-state index contributed by atoms with van der Waals surface area (Å²) in [5.74, 6) is 0. The molecule has 0 aliphatic rings. The normalized spacial score (nSPS) is 9.84. The Morgan fingerprint density at radius 1 is 0.640 bits per heavy atom. The topological polar surface area (TPSA) is 0 Å². The molecule has 0 spiro atoms. The van der Waals surface area contributed by atoms with E-state index in [2.05, 4.69) is 113 Å². The average Bonchev–Trinajstić information content (AvgIpc) is 3.32. The van der Waals surface area contributed by atoms with E-state index in [1.54, 1.807) is 0 Å². The molecule has 0 saturated heterocycles. The van der Waals surface area contributed by atoms with Gasteiger partial charge in [-0.05, 0) is 0 Å². The fourth-order valence-corrected chi connectivity index (χ4v) is 4.38. The van der Waals surface area contributed by atoms with E-state index in [4.69, 9.17) is 0 Å². The SMILES string of the molecule is Br[c-]1[c-][c-][c-][c-]1.[Fe+2].[c-]1[c-][c-][c-](P(c2ccccc2)c2ccccc2)[c-]1. The summed E-state index contributed by atoms with van der Waals surface area (Å²) in [6, 6.07) is 43.5. The molecule has 0 saturated carbocycles. The quantitative estimate of drug-likeness (QED) is 0.259. The maximum Gasteiger partial charge on any atom is 2.00 e. The first-order valence-corrected chi connectivity index (χ1v) is 9.32. The fraction of sp³-hybridized carbons (Fsp3) is 0. The molecule has 3 heteroatoms. The summed E-state index contributed by atoms with van der Waals surface area (Å²) in [5, 5.41) is 3.67. The third-order valence-electron chi connectivity index (χ3n) is 3.08. The van der Waals surface area contributed by atoms with Crippen LogP contribution in [0.1, 0.15) is 0 Å². The first kappa shape index (κ1) is 19.9. The Morgan fingerprint density at radius 3 is 1.40 bits per heavy atom. The first-order valence-electron chi connectivity index (χ1n) is 7.18. The molecule has 0 fully saturated rings. The Morgan fingerprint density at radius 2 is 1.04 bits per heavy atom. The monoisotopic (exact) mass is 440 g/mol. The molecule has 25 heavy (non-hydrogen) atoms. The van der Waals surface area contributed by atoms with E-state index in [0.717, 1.165) is 9.78 Å². The molecule has 0 radical (unpaired) electrons.